The van der Waals surface area contributed by atoms with E-state index in [2.05, 4.69) is 26.0 Å². The summed E-state index contributed by atoms with van der Waals surface area (Å²) in [5, 5.41) is 5.23. The summed E-state index contributed by atoms with van der Waals surface area (Å²) in [5.74, 6) is 0. The molecule has 0 atom stereocenters. The molecule has 0 saturated heterocycles. The third-order valence-electron chi connectivity index (χ3n) is 1.14. The molecule has 52 valence electrons. The molecule has 0 aliphatic rings. The van der Waals surface area contributed by atoms with Crippen molar-refractivity contribution < 1.29 is 0 Å². The van der Waals surface area contributed by atoms with E-state index in [0.29, 0.717) is 0 Å². The smallest absolute Gasteiger partial charge is 0.213 e. The van der Waals surface area contributed by atoms with Gasteiger partial charge in [-0.25, -0.2) is 4.98 Å². The Bertz CT molecular complexity index is 364. The summed E-state index contributed by atoms with van der Waals surface area (Å²) in [5.41, 5.74) is 0. The predicted molar refractivity (Wildman–Crippen MR) is 43.3 cm³/mol. The first-order chi connectivity index (χ1) is 4.77. The lowest BCUT2D eigenvalue weighted by molar-refractivity contribution is 0.925. The molecule has 0 aliphatic carbocycles. The number of halogens is 1. The lowest BCUT2D eigenvalue weighted by Gasteiger charge is -1.79. The van der Waals surface area contributed by atoms with Crippen LogP contribution in [-0.4, -0.2) is 14.6 Å². The van der Waals surface area contributed by atoms with Gasteiger partial charge in [0.2, 0.25) is 4.96 Å². The SMILES string of the molecule is Cc1nn2c(Br)cnc2s1. The normalized spacial score (nSPS) is 11.0. The Balaban J connectivity index is 2.90. The molecule has 0 unspecified atom stereocenters. The number of nitrogens with zero attached hydrogens (tertiary/aromatic N) is 3. The van der Waals surface area contributed by atoms with Gasteiger partial charge < -0.3 is 0 Å². The fourth-order valence-electron chi connectivity index (χ4n) is 0.763. The van der Waals surface area contributed by atoms with Crippen LogP contribution in [0.4, 0.5) is 0 Å². The highest BCUT2D eigenvalue weighted by Gasteiger charge is 2.03. The fourth-order valence-corrected chi connectivity index (χ4v) is 1.95. The summed E-state index contributed by atoms with van der Waals surface area (Å²) in [6.45, 7) is 1.96. The second-order valence-electron chi connectivity index (χ2n) is 1.90. The molecular weight excluding hydrogens is 214 g/mol. The van der Waals surface area contributed by atoms with E-state index in [0.717, 1.165) is 14.6 Å². The third kappa shape index (κ3) is 0.775. The predicted octanol–water partition coefficient (Wildman–Crippen LogP) is 1.86. The number of imidazole rings is 1. The first kappa shape index (κ1) is 6.30. The van der Waals surface area contributed by atoms with E-state index in [-0.39, 0.29) is 0 Å². The van der Waals surface area contributed by atoms with Crippen LogP contribution in [0.5, 0.6) is 0 Å². The molecule has 0 saturated carbocycles. The van der Waals surface area contributed by atoms with E-state index in [1.807, 2.05) is 6.92 Å². The Morgan fingerprint density at radius 3 is 3.20 bits per heavy atom. The summed E-state index contributed by atoms with van der Waals surface area (Å²) in [6.07, 6.45) is 1.75. The molecular formula is C5H4BrN3S. The van der Waals surface area contributed by atoms with Crippen molar-refractivity contribution >= 4 is 32.2 Å². The zero-order chi connectivity index (χ0) is 7.14. The van der Waals surface area contributed by atoms with Crippen molar-refractivity contribution in [3.8, 4) is 0 Å². The standard InChI is InChI=1S/C5H4BrN3S/c1-3-8-9-4(6)2-7-5(9)10-3/h2H,1H3. The van der Waals surface area contributed by atoms with Gasteiger partial charge in [-0.3, -0.25) is 0 Å². The van der Waals surface area contributed by atoms with E-state index in [1.54, 1.807) is 22.0 Å². The van der Waals surface area contributed by atoms with Gasteiger partial charge >= 0.3 is 0 Å². The number of hydrogen-bond donors (Lipinski definition) is 0. The van der Waals surface area contributed by atoms with Gasteiger partial charge in [0.1, 0.15) is 9.61 Å². The molecule has 5 heteroatoms. The van der Waals surface area contributed by atoms with Gasteiger partial charge in [0.15, 0.2) is 0 Å². The lowest BCUT2D eigenvalue weighted by atomic mass is 10.9. The number of fused-ring (bicyclic) bond motifs is 1. The van der Waals surface area contributed by atoms with Crippen LogP contribution in [0, 0.1) is 6.92 Å². The minimum absolute atomic E-state index is 0.909. The molecule has 0 aromatic carbocycles. The monoisotopic (exact) mass is 217 g/mol. The van der Waals surface area contributed by atoms with Gasteiger partial charge in [-0.1, -0.05) is 11.3 Å². The number of aromatic nitrogens is 3. The molecule has 2 heterocycles. The van der Waals surface area contributed by atoms with Crippen molar-refractivity contribution in [3.05, 3.63) is 15.8 Å². The Hall–Kier alpha value is -0.420. The van der Waals surface area contributed by atoms with Crippen LogP contribution in [0.15, 0.2) is 10.8 Å². The molecule has 0 fully saturated rings. The van der Waals surface area contributed by atoms with E-state index >= 15 is 0 Å². The van der Waals surface area contributed by atoms with Gasteiger partial charge in [0.25, 0.3) is 0 Å². The first-order valence-electron chi connectivity index (χ1n) is 2.74. The Labute approximate surface area is 69.8 Å². The number of hydrogen-bond acceptors (Lipinski definition) is 3. The Morgan fingerprint density at radius 1 is 1.70 bits per heavy atom. The summed E-state index contributed by atoms with van der Waals surface area (Å²) in [7, 11) is 0. The van der Waals surface area contributed by atoms with Crippen molar-refractivity contribution in [2.75, 3.05) is 0 Å². The van der Waals surface area contributed by atoms with E-state index in [1.165, 1.54) is 0 Å². The van der Waals surface area contributed by atoms with Crippen molar-refractivity contribution in [3.63, 3.8) is 0 Å². The Kier molecular flexibility index (Phi) is 1.28. The van der Waals surface area contributed by atoms with Gasteiger partial charge in [-0.05, 0) is 22.9 Å². The molecule has 0 N–H and O–H groups in total. The molecule has 2 rings (SSSR count). The van der Waals surface area contributed by atoms with Crippen LogP contribution < -0.4 is 0 Å². The van der Waals surface area contributed by atoms with Gasteiger partial charge in [0.05, 0.1) is 6.20 Å². The fraction of sp³-hybridized carbons (Fsp3) is 0.200. The molecule has 0 radical (unpaired) electrons. The summed E-state index contributed by atoms with van der Waals surface area (Å²) in [6, 6.07) is 0. The van der Waals surface area contributed by atoms with Gasteiger partial charge in [-0.2, -0.15) is 9.61 Å². The minimum Gasteiger partial charge on any atom is -0.225 e. The molecule has 10 heavy (non-hydrogen) atoms. The van der Waals surface area contributed by atoms with Gasteiger partial charge in [0, 0.05) is 0 Å². The molecule has 0 bridgehead atoms. The molecule has 0 aliphatic heterocycles. The maximum absolute atomic E-state index is 4.20. The average Bonchev–Trinajstić information content (AvgIpc) is 2.35. The average molecular weight is 218 g/mol. The maximum Gasteiger partial charge on any atom is 0.213 e. The van der Waals surface area contributed by atoms with Crippen LogP contribution in [0.2, 0.25) is 0 Å². The van der Waals surface area contributed by atoms with Gasteiger partial charge in [-0.15, -0.1) is 0 Å². The lowest BCUT2D eigenvalue weighted by Crippen LogP contribution is -1.82. The zero-order valence-electron chi connectivity index (χ0n) is 5.21. The summed E-state index contributed by atoms with van der Waals surface area (Å²) >= 11 is 4.91. The van der Waals surface area contributed by atoms with Crippen molar-refractivity contribution in [2.24, 2.45) is 0 Å². The molecule has 2 aromatic rings. The summed E-state index contributed by atoms with van der Waals surface area (Å²) < 4.78 is 2.69. The highest BCUT2D eigenvalue weighted by atomic mass is 79.9. The summed E-state index contributed by atoms with van der Waals surface area (Å²) in [4.78, 5) is 5.05. The number of aryl methyl sites for hydroxylation is 1. The first-order valence-corrected chi connectivity index (χ1v) is 4.35. The second-order valence-corrected chi connectivity index (χ2v) is 3.87. The van der Waals surface area contributed by atoms with Crippen molar-refractivity contribution in [2.45, 2.75) is 6.92 Å². The van der Waals surface area contributed by atoms with E-state index in [4.69, 9.17) is 0 Å². The molecule has 0 amide bonds. The van der Waals surface area contributed by atoms with Crippen LogP contribution in [0.25, 0.3) is 4.96 Å². The zero-order valence-corrected chi connectivity index (χ0v) is 7.61. The highest BCUT2D eigenvalue weighted by Crippen LogP contribution is 2.17. The maximum atomic E-state index is 4.20. The van der Waals surface area contributed by atoms with Crippen LogP contribution in [0.3, 0.4) is 0 Å². The van der Waals surface area contributed by atoms with Crippen LogP contribution >= 0.6 is 27.3 Å². The minimum atomic E-state index is 0.909. The number of rotatable bonds is 0. The van der Waals surface area contributed by atoms with E-state index < -0.39 is 0 Å². The third-order valence-corrected chi connectivity index (χ3v) is 2.52. The van der Waals surface area contributed by atoms with E-state index in [9.17, 15) is 0 Å². The molecule has 0 spiro atoms. The van der Waals surface area contributed by atoms with Crippen molar-refractivity contribution in [1.29, 1.82) is 0 Å². The quantitative estimate of drug-likeness (QED) is 0.675. The largest absolute Gasteiger partial charge is 0.225 e. The second kappa shape index (κ2) is 2.03. The Morgan fingerprint density at radius 2 is 2.50 bits per heavy atom. The topological polar surface area (TPSA) is 30.2 Å². The van der Waals surface area contributed by atoms with Crippen LogP contribution in [-0.2, 0) is 0 Å². The van der Waals surface area contributed by atoms with Crippen molar-refractivity contribution in [1.82, 2.24) is 14.6 Å². The highest BCUT2D eigenvalue weighted by molar-refractivity contribution is 9.10. The molecule has 3 nitrogen and oxygen atoms in total. The molecule has 2 aromatic heterocycles. The van der Waals surface area contributed by atoms with Crippen LogP contribution in [0.1, 0.15) is 5.01 Å².